The van der Waals surface area contributed by atoms with Gasteiger partial charge in [0.15, 0.2) is 0 Å². The minimum absolute atomic E-state index is 0.610. The smallest absolute Gasteiger partial charge is 0.132 e. The summed E-state index contributed by atoms with van der Waals surface area (Å²) in [6, 6.07) is 18.7. The minimum Gasteiger partial charge on any atom is -0.235 e. The molecule has 0 atom stereocenters. The second kappa shape index (κ2) is 5.02. The van der Waals surface area contributed by atoms with E-state index >= 15 is 0 Å². The molecular formula is C17H14ClN. The van der Waals surface area contributed by atoms with Gasteiger partial charge in [-0.3, -0.25) is 0 Å². The first-order valence-corrected chi connectivity index (χ1v) is 6.81. The molecule has 2 heteroatoms. The second-order valence-corrected chi connectivity index (χ2v) is 4.89. The predicted octanol–water partition coefficient (Wildman–Crippen LogP) is 5.12. The molecule has 0 radical (unpaired) electrons. The molecule has 0 spiro atoms. The molecule has 0 aliphatic rings. The Kier molecular flexibility index (Phi) is 3.22. The van der Waals surface area contributed by atoms with Crippen LogP contribution in [0.2, 0.25) is 5.15 Å². The van der Waals surface area contributed by atoms with Gasteiger partial charge in [-0.1, -0.05) is 67.1 Å². The number of aryl methyl sites for hydroxylation is 1. The van der Waals surface area contributed by atoms with Crippen LogP contribution in [0.1, 0.15) is 12.5 Å². The third kappa shape index (κ3) is 2.22. The molecule has 0 aliphatic heterocycles. The van der Waals surface area contributed by atoms with Crippen molar-refractivity contribution in [2.75, 3.05) is 0 Å². The molecule has 0 aliphatic carbocycles. The van der Waals surface area contributed by atoms with Crippen molar-refractivity contribution in [1.29, 1.82) is 0 Å². The molecule has 1 aromatic heterocycles. The highest BCUT2D eigenvalue weighted by molar-refractivity contribution is 6.30. The van der Waals surface area contributed by atoms with E-state index in [1.165, 1.54) is 5.56 Å². The molecule has 94 valence electrons. The third-order valence-corrected chi connectivity index (χ3v) is 3.66. The Bertz CT molecular complexity index is 720. The van der Waals surface area contributed by atoms with Crippen LogP contribution in [0.4, 0.5) is 0 Å². The van der Waals surface area contributed by atoms with Gasteiger partial charge >= 0.3 is 0 Å². The fourth-order valence-electron chi connectivity index (χ4n) is 2.32. The summed E-state index contributed by atoms with van der Waals surface area (Å²) in [6.45, 7) is 2.09. The van der Waals surface area contributed by atoms with E-state index in [0.29, 0.717) is 5.15 Å². The van der Waals surface area contributed by atoms with Gasteiger partial charge in [-0.05, 0) is 23.6 Å². The first-order valence-electron chi connectivity index (χ1n) is 6.43. The quantitative estimate of drug-likeness (QED) is 0.588. The Morgan fingerprint density at radius 2 is 1.79 bits per heavy atom. The van der Waals surface area contributed by atoms with Gasteiger partial charge in [0.05, 0.1) is 5.52 Å². The van der Waals surface area contributed by atoms with Crippen molar-refractivity contribution in [3.63, 3.8) is 0 Å². The molecule has 0 fully saturated rings. The summed E-state index contributed by atoms with van der Waals surface area (Å²) in [5.41, 5.74) is 4.36. The lowest BCUT2D eigenvalue weighted by Gasteiger charge is -2.08. The van der Waals surface area contributed by atoms with Crippen LogP contribution in [0, 0.1) is 0 Å². The van der Waals surface area contributed by atoms with E-state index in [1.807, 2.05) is 18.2 Å². The number of hydrogen-bond donors (Lipinski definition) is 0. The average Bonchev–Trinajstić information content (AvgIpc) is 2.47. The van der Waals surface area contributed by atoms with Crippen LogP contribution in [0.15, 0.2) is 54.6 Å². The van der Waals surface area contributed by atoms with E-state index in [0.717, 1.165) is 28.5 Å². The first kappa shape index (κ1) is 12.2. The zero-order valence-electron chi connectivity index (χ0n) is 10.7. The molecule has 1 heterocycles. The maximum atomic E-state index is 6.25. The van der Waals surface area contributed by atoms with Crippen LogP contribution < -0.4 is 0 Å². The zero-order chi connectivity index (χ0) is 13.2. The molecule has 0 saturated heterocycles. The summed E-state index contributed by atoms with van der Waals surface area (Å²) in [4.78, 5) is 4.59. The summed E-state index contributed by atoms with van der Waals surface area (Å²) in [6.07, 6.45) is 0.900. The van der Waals surface area contributed by atoms with Gasteiger partial charge in [-0.15, -0.1) is 0 Å². The van der Waals surface area contributed by atoms with Crippen molar-refractivity contribution in [2.45, 2.75) is 13.3 Å². The molecule has 1 nitrogen and oxygen atoms in total. The molecule has 19 heavy (non-hydrogen) atoms. The average molecular weight is 268 g/mol. The highest BCUT2D eigenvalue weighted by Crippen LogP contribution is 2.29. The zero-order valence-corrected chi connectivity index (χ0v) is 11.5. The Hall–Kier alpha value is -1.86. The summed E-state index contributed by atoms with van der Waals surface area (Å²) in [7, 11) is 0. The van der Waals surface area contributed by atoms with Gasteiger partial charge in [0.25, 0.3) is 0 Å². The Labute approximate surface area is 117 Å². The Balaban J connectivity index is 2.30. The number of para-hydroxylation sites is 1. The van der Waals surface area contributed by atoms with Crippen LogP contribution in [0.5, 0.6) is 0 Å². The van der Waals surface area contributed by atoms with E-state index in [2.05, 4.69) is 48.3 Å². The lowest BCUT2D eigenvalue weighted by Crippen LogP contribution is -1.90. The first-order chi connectivity index (χ1) is 9.29. The summed E-state index contributed by atoms with van der Waals surface area (Å²) >= 11 is 6.25. The molecule has 0 saturated carbocycles. The van der Waals surface area contributed by atoms with Crippen LogP contribution in [-0.2, 0) is 6.42 Å². The van der Waals surface area contributed by atoms with Crippen molar-refractivity contribution < 1.29 is 0 Å². The van der Waals surface area contributed by atoms with Gasteiger partial charge in [-0.2, -0.15) is 0 Å². The lowest BCUT2D eigenvalue weighted by molar-refractivity contribution is 1.12. The van der Waals surface area contributed by atoms with Gasteiger partial charge in [0.2, 0.25) is 0 Å². The van der Waals surface area contributed by atoms with Crippen LogP contribution >= 0.6 is 11.6 Å². The van der Waals surface area contributed by atoms with Gasteiger partial charge < -0.3 is 0 Å². The van der Waals surface area contributed by atoms with Crippen molar-refractivity contribution in [1.82, 2.24) is 4.98 Å². The van der Waals surface area contributed by atoms with Crippen molar-refractivity contribution >= 4 is 22.5 Å². The molecule has 0 unspecified atom stereocenters. The highest BCUT2D eigenvalue weighted by Gasteiger charge is 2.08. The van der Waals surface area contributed by atoms with Gasteiger partial charge in [0.1, 0.15) is 5.15 Å². The fourth-order valence-corrected chi connectivity index (χ4v) is 2.59. The van der Waals surface area contributed by atoms with Crippen LogP contribution in [0.25, 0.3) is 22.0 Å². The number of pyridine rings is 1. The number of benzene rings is 2. The largest absolute Gasteiger partial charge is 0.235 e. The third-order valence-electron chi connectivity index (χ3n) is 3.34. The van der Waals surface area contributed by atoms with Crippen molar-refractivity contribution in [3.05, 3.63) is 65.3 Å². The van der Waals surface area contributed by atoms with E-state index in [-0.39, 0.29) is 0 Å². The molecule has 0 amide bonds. The van der Waals surface area contributed by atoms with Gasteiger partial charge in [0, 0.05) is 10.9 Å². The Morgan fingerprint density at radius 3 is 2.53 bits per heavy atom. The predicted molar refractivity (Wildman–Crippen MR) is 81.6 cm³/mol. The summed E-state index contributed by atoms with van der Waals surface area (Å²) in [5.74, 6) is 0. The number of hydrogen-bond acceptors (Lipinski definition) is 1. The van der Waals surface area contributed by atoms with Crippen LogP contribution in [0.3, 0.4) is 0 Å². The SMILES string of the molecule is CCc1cc2cccc(-c3ccccc3)c2nc1Cl. The van der Waals surface area contributed by atoms with Crippen LogP contribution in [-0.4, -0.2) is 4.98 Å². The number of aromatic nitrogens is 1. The number of fused-ring (bicyclic) bond motifs is 1. The monoisotopic (exact) mass is 267 g/mol. The highest BCUT2D eigenvalue weighted by atomic mass is 35.5. The fraction of sp³-hybridized carbons (Fsp3) is 0.118. The lowest BCUT2D eigenvalue weighted by atomic mass is 10.0. The Morgan fingerprint density at radius 1 is 1.00 bits per heavy atom. The van der Waals surface area contributed by atoms with Gasteiger partial charge in [-0.25, -0.2) is 4.98 Å². The molecule has 2 aromatic carbocycles. The maximum Gasteiger partial charge on any atom is 0.132 e. The second-order valence-electron chi connectivity index (χ2n) is 4.54. The van der Waals surface area contributed by atoms with Crippen molar-refractivity contribution in [2.24, 2.45) is 0 Å². The number of rotatable bonds is 2. The normalized spacial score (nSPS) is 10.8. The van der Waals surface area contributed by atoms with E-state index in [9.17, 15) is 0 Å². The minimum atomic E-state index is 0.610. The molecule has 3 rings (SSSR count). The standard InChI is InChI=1S/C17H14ClN/c1-2-12-11-14-9-6-10-15(16(14)19-17(12)18)13-7-4-3-5-8-13/h3-11H,2H2,1H3. The summed E-state index contributed by atoms with van der Waals surface area (Å²) in [5, 5.41) is 1.75. The van der Waals surface area contributed by atoms with E-state index in [4.69, 9.17) is 11.6 Å². The molecule has 3 aromatic rings. The summed E-state index contributed by atoms with van der Waals surface area (Å²) < 4.78 is 0. The van der Waals surface area contributed by atoms with E-state index < -0.39 is 0 Å². The van der Waals surface area contributed by atoms with E-state index in [1.54, 1.807) is 0 Å². The number of halogens is 1. The topological polar surface area (TPSA) is 12.9 Å². The van der Waals surface area contributed by atoms with Crippen molar-refractivity contribution in [3.8, 4) is 11.1 Å². The molecule has 0 N–H and O–H groups in total. The number of nitrogens with zero attached hydrogens (tertiary/aromatic N) is 1. The molecular weight excluding hydrogens is 254 g/mol. The molecule has 0 bridgehead atoms. The maximum absolute atomic E-state index is 6.25.